The van der Waals surface area contributed by atoms with E-state index in [9.17, 15) is 14.7 Å². The van der Waals surface area contributed by atoms with Crippen LogP contribution in [-0.4, -0.2) is 45.8 Å². The number of ether oxygens (including phenoxy) is 1. The summed E-state index contributed by atoms with van der Waals surface area (Å²) in [6.07, 6.45) is 0.350. The Morgan fingerprint density at radius 2 is 1.90 bits per heavy atom. The van der Waals surface area contributed by atoms with Crippen molar-refractivity contribution in [1.82, 2.24) is 9.47 Å². The summed E-state index contributed by atoms with van der Waals surface area (Å²) in [7, 11) is 1.80. The van der Waals surface area contributed by atoms with Crippen molar-refractivity contribution in [2.45, 2.75) is 32.0 Å². The van der Waals surface area contributed by atoms with E-state index in [1.54, 1.807) is 28.6 Å². The highest BCUT2D eigenvalue weighted by Gasteiger charge is 2.44. The number of hydrogen-bond acceptors (Lipinski definition) is 4. The quantitative estimate of drug-likeness (QED) is 0.834. The van der Waals surface area contributed by atoms with Gasteiger partial charge >= 0.3 is 0 Å². The van der Waals surface area contributed by atoms with Gasteiger partial charge in [0.2, 0.25) is 0 Å². The maximum absolute atomic E-state index is 13.1. The van der Waals surface area contributed by atoms with Crippen LogP contribution in [0.1, 0.15) is 29.0 Å². The largest absolute Gasteiger partial charge is 0.488 e. The highest BCUT2D eigenvalue weighted by atomic mass is 35.5. The van der Waals surface area contributed by atoms with Gasteiger partial charge in [-0.1, -0.05) is 17.7 Å². The van der Waals surface area contributed by atoms with E-state index in [0.29, 0.717) is 42.4 Å². The summed E-state index contributed by atoms with van der Waals surface area (Å²) in [6.45, 7) is 3.01. The fraction of sp³-hybridized carbons (Fsp3) is 0.455. The molecule has 1 aromatic heterocycles. The predicted octanol–water partition coefficient (Wildman–Crippen LogP) is 2.64. The van der Waals surface area contributed by atoms with Crippen LogP contribution in [0.3, 0.4) is 0 Å². The number of aliphatic hydroxyl groups is 1. The van der Waals surface area contributed by atoms with E-state index in [1.807, 2.05) is 19.1 Å². The molecule has 2 fully saturated rings. The second-order valence-corrected chi connectivity index (χ2v) is 8.60. The lowest BCUT2D eigenvalue weighted by Crippen LogP contribution is -2.42. The number of pyridine rings is 1. The van der Waals surface area contributed by atoms with Gasteiger partial charge in [0.1, 0.15) is 17.5 Å². The first kappa shape index (κ1) is 20.0. The molecule has 29 heavy (non-hydrogen) atoms. The van der Waals surface area contributed by atoms with Crippen molar-refractivity contribution >= 4 is 17.5 Å². The van der Waals surface area contributed by atoms with Crippen LogP contribution in [0.25, 0.3) is 0 Å². The third kappa shape index (κ3) is 4.05. The number of aryl methyl sites for hydroxylation is 1. The Balaban J connectivity index is 1.47. The predicted molar refractivity (Wildman–Crippen MR) is 110 cm³/mol. The van der Waals surface area contributed by atoms with Gasteiger partial charge in [0.15, 0.2) is 5.43 Å². The number of rotatable bonds is 3. The van der Waals surface area contributed by atoms with Crippen molar-refractivity contribution in [2.24, 2.45) is 18.9 Å². The van der Waals surface area contributed by atoms with Gasteiger partial charge in [-0.15, -0.1) is 0 Å². The molecule has 2 aliphatic rings. The Morgan fingerprint density at radius 3 is 2.62 bits per heavy atom. The van der Waals surface area contributed by atoms with Crippen LogP contribution in [0, 0.1) is 18.8 Å². The minimum absolute atomic E-state index is 0.135. The zero-order valence-corrected chi connectivity index (χ0v) is 17.3. The third-order valence-electron chi connectivity index (χ3n) is 6.20. The van der Waals surface area contributed by atoms with E-state index in [4.69, 9.17) is 16.3 Å². The minimum Gasteiger partial charge on any atom is -0.488 e. The Labute approximate surface area is 174 Å². The van der Waals surface area contributed by atoms with E-state index in [2.05, 4.69) is 0 Å². The molecular formula is C22H25ClN2O4. The number of aliphatic hydroxyl groups excluding tert-OH is 1. The molecule has 1 N–H and O–H groups in total. The minimum atomic E-state index is -0.589. The molecule has 4 atom stereocenters. The number of nitrogens with zero attached hydrogens (tertiary/aromatic N) is 2. The average Bonchev–Trinajstić information content (AvgIpc) is 3.07. The van der Waals surface area contributed by atoms with Crippen molar-refractivity contribution in [2.75, 3.05) is 13.1 Å². The fourth-order valence-corrected chi connectivity index (χ4v) is 4.71. The molecule has 0 unspecified atom stereocenters. The lowest BCUT2D eigenvalue weighted by Gasteiger charge is -2.35. The van der Waals surface area contributed by atoms with Crippen molar-refractivity contribution < 1.29 is 14.6 Å². The molecule has 0 bridgehead atoms. The highest BCUT2D eigenvalue weighted by Crippen LogP contribution is 2.38. The van der Waals surface area contributed by atoms with Gasteiger partial charge in [0.25, 0.3) is 5.91 Å². The van der Waals surface area contributed by atoms with Crippen molar-refractivity contribution in [3.8, 4) is 5.75 Å². The molecule has 1 saturated carbocycles. The molecule has 0 radical (unpaired) electrons. The van der Waals surface area contributed by atoms with Crippen LogP contribution in [-0.2, 0) is 7.05 Å². The smallest absolute Gasteiger partial charge is 0.270 e. The number of halogens is 1. The first-order chi connectivity index (χ1) is 13.8. The molecule has 1 saturated heterocycles. The number of amides is 1. The number of carbonyl (C=O) groups excluding carboxylic acids is 1. The maximum atomic E-state index is 13.1. The van der Waals surface area contributed by atoms with E-state index >= 15 is 0 Å². The Hall–Kier alpha value is -2.31. The zero-order valence-electron chi connectivity index (χ0n) is 16.5. The SMILES string of the molecule is Cc1cc(=O)cc(C(=O)N2C[C@H]3C[C@@H](Oc4cccc(Cl)c4)[C@H](O)C[C@H]3C2)n1C. The summed E-state index contributed by atoms with van der Waals surface area (Å²) in [5.41, 5.74) is 0.995. The highest BCUT2D eigenvalue weighted by molar-refractivity contribution is 6.30. The standard InChI is InChI=1S/C22H25ClN2O4/c1-13-6-17(26)10-19(24(13)2)22(28)25-11-14-7-20(27)21(8-15(14)12-25)29-18-5-3-4-16(23)9-18/h3-6,9-10,14-15,20-21,27H,7-8,11-12H2,1-2H3/t14-,15+,20+,21+/m0/s1. The second-order valence-electron chi connectivity index (χ2n) is 8.16. The summed E-state index contributed by atoms with van der Waals surface area (Å²) in [4.78, 5) is 26.7. The Bertz CT molecular complexity index is 989. The molecule has 1 aliphatic carbocycles. The lowest BCUT2D eigenvalue weighted by molar-refractivity contribution is -0.0231. The monoisotopic (exact) mass is 416 g/mol. The lowest BCUT2D eigenvalue weighted by atomic mass is 9.78. The molecule has 7 heteroatoms. The Kier molecular flexibility index (Phi) is 5.40. The van der Waals surface area contributed by atoms with Crippen LogP contribution >= 0.6 is 11.6 Å². The fourth-order valence-electron chi connectivity index (χ4n) is 4.53. The number of aromatic nitrogens is 1. The summed E-state index contributed by atoms with van der Waals surface area (Å²) < 4.78 is 7.76. The van der Waals surface area contributed by atoms with Crippen molar-refractivity contribution in [3.05, 3.63) is 63.0 Å². The summed E-state index contributed by atoms with van der Waals surface area (Å²) >= 11 is 6.02. The molecule has 6 nitrogen and oxygen atoms in total. The topological polar surface area (TPSA) is 71.8 Å². The van der Waals surface area contributed by atoms with E-state index < -0.39 is 6.10 Å². The zero-order chi connectivity index (χ0) is 20.7. The number of benzene rings is 1. The van der Waals surface area contributed by atoms with Crippen molar-refractivity contribution in [3.63, 3.8) is 0 Å². The van der Waals surface area contributed by atoms with E-state index in [0.717, 1.165) is 5.69 Å². The molecule has 1 aliphatic heterocycles. The maximum Gasteiger partial charge on any atom is 0.270 e. The van der Waals surface area contributed by atoms with E-state index in [-0.39, 0.29) is 29.3 Å². The Morgan fingerprint density at radius 1 is 1.17 bits per heavy atom. The van der Waals surface area contributed by atoms with Crippen LogP contribution < -0.4 is 10.2 Å². The number of likely N-dealkylation sites (tertiary alicyclic amines) is 1. The van der Waals surface area contributed by atoms with Crippen LogP contribution in [0.2, 0.25) is 5.02 Å². The first-order valence-electron chi connectivity index (χ1n) is 9.89. The molecule has 2 aromatic rings. The number of carbonyl (C=O) groups is 1. The molecular weight excluding hydrogens is 392 g/mol. The first-order valence-corrected chi connectivity index (χ1v) is 10.3. The van der Waals surface area contributed by atoms with Crippen molar-refractivity contribution in [1.29, 1.82) is 0 Å². The second kappa shape index (κ2) is 7.84. The van der Waals surface area contributed by atoms with Crippen LogP contribution in [0.5, 0.6) is 5.75 Å². The molecule has 0 spiro atoms. The molecule has 1 aromatic carbocycles. The van der Waals surface area contributed by atoms with Gasteiger partial charge in [-0.3, -0.25) is 9.59 Å². The molecule has 2 heterocycles. The normalized spacial score (nSPS) is 26.3. The summed E-state index contributed by atoms with van der Waals surface area (Å²) in [5.74, 6) is 0.994. The van der Waals surface area contributed by atoms with Crippen LogP contribution in [0.4, 0.5) is 0 Å². The van der Waals surface area contributed by atoms with Gasteiger partial charge in [-0.05, 0) is 49.8 Å². The van der Waals surface area contributed by atoms with Gasteiger partial charge in [-0.25, -0.2) is 0 Å². The molecule has 4 rings (SSSR count). The number of fused-ring (bicyclic) bond motifs is 1. The van der Waals surface area contributed by atoms with E-state index in [1.165, 1.54) is 12.1 Å². The number of hydrogen-bond donors (Lipinski definition) is 1. The molecule has 1 amide bonds. The van der Waals surface area contributed by atoms with Gasteiger partial charge in [0, 0.05) is 43.0 Å². The average molecular weight is 417 g/mol. The van der Waals surface area contributed by atoms with Gasteiger partial charge in [-0.2, -0.15) is 0 Å². The van der Waals surface area contributed by atoms with Gasteiger partial charge < -0.3 is 19.3 Å². The van der Waals surface area contributed by atoms with Crippen LogP contribution in [0.15, 0.2) is 41.2 Å². The van der Waals surface area contributed by atoms with Gasteiger partial charge in [0.05, 0.1) is 6.10 Å². The summed E-state index contributed by atoms with van der Waals surface area (Å²) in [5, 5.41) is 11.2. The third-order valence-corrected chi connectivity index (χ3v) is 6.43. The molecule has 154 valence electrons. The summed E-state index contributed by atoms with van der Waals surface area (Å²) in [6, 6.07) is 10.1.